The highest BCUT2D eigenvalue weighted by molar-refractivity contribution is 6.32. The molecule has 0 unspecified atom stereocenters. The molecule has 1 fully saturated rings. The van der Waals surface area contributed by atoms with E-state index in [1.807, 2.05) is 0 Å². The number of anilines is 2. The Bertz CT molecular complexity index is 418. The van der Waals surface area contributed by atoms with E-state index in [1.165, 1.54) is 25.9 Å². The Balaban J connectivity index is 1.87. The van der Waals surface area contributed by atoms with Gasteiger partial charge in [0.15, 0.2) is 0 Å². The fourth-order valence-corrected chi connectivity index (χ4v) is 2.48. The first-order chi connectivity index (χ1) is 9.69. The van der Waals surface area contributed by atoms with Crippen LogP contribution in [0.15, 0.2) is 6.20 Å². The summed E-state index contributed by atoms with van der Waals surface area (Å²) < 4.78 is 0. The molecule has 1 aromatic rings. The quantitative estimate of drug-likeness (QED) is 0.845. The zero-order valence-electron chi connectivity index (χ0n) is 12.3. The van der Waals surface area contributed by atoms with Gasteiger partial charge in [-0.05, 0) is 45.3 Å². The molecule has 0 spiro atoms. The minimum Gasteiger partial charge on any atom is -0.368 e. The summed E-state index contributed by atoms with van der Waals surface area (Å²) in [6, 6.07) is 0. The molecule has 0 saturated carbocycles. The zero-order chi connectivity index (χ0) is 14.4. The Hall–Kier alpha value is -1.07. The number of hydrogen-bond acceptors (Lipinski definition) is 5. The number of halogens is 1. The number of piperidine rings is 1. The molecule has 2 rings (SSSR count). The van der Waals surface area contributed by atoms with Crippen molar-refractivity contribution in [1.82, 2.24) is 14.9 Å². The fraction of sp³-hybridized carbons (Fsp3) is 0.714. The average Bonchev–Trinajstić information content (AvgIpc) is 2.46. The van der Waals surface area contributed by atoms with E-state index in [9.17, 15) is 0 Å². The summed E-state index contributed by atoms with van der Waals surface area (Å²) >= 11 is 6.15. The standard InChI is InChI=1S/C14H24ClN5/c1-3-6-16-14-18-10-12(15)13(19-14)17-9-11-4-7-20(2)8-5-11/h10-11H,3-9H2,1-2H3,(H2,16,17,18,19). The summed E-state index contributed by atoms with van der Waals surface area (Å²) in [6.07, 6.45) is 5.16. The van der Waals surface area contributed by atoms with Gasteiger partial charge in [0.1, 0.15) is 10.8 Å². The molecule has 1 aromatic heterocycles. The molecule has 1 saturated heterocycles. The monoisotopic (exact) mass is 297 g/mol. The number of likely N-dealkylation sites (tertiary alicyclic amines) is 1. The van der Waals surface area contributed by atoms with Gasteiger partial charge in [-0.2, -0.15) is 4.98 Å². The van der Waals surface area contributed by atoms with Crippen molar-refractivity contribution >= 4 is 23.4 Å². The van der Waals surface area contributed by atoms with E-state index in [2.05, 4.69) is 39.5 Å². The lowest BCUT2D eigenvalue weighted by atomic mass is 9.97. The maximum atomic E-state index is 6.15. The first kappa shape index (κ1) is 15.3. The molecule has 0 bridgehead atoms. The van der Waals surface area contributed by atoms with Crippen molar-refractivity contribution in [2.24, 2.45) is 5.92 Å². The van der Waals surface area contributed by atoms with Crippen LogP contribution in [0.25, 0.3) is 0 Å². The topological polar surface area (TPSA) is 53.1 Å². The highest BCUT2D eigenvalue weighted by Crippen LogP contribution is 2.22. The number of aromatic nitrogens is 2. The van der Waals surface area contributed by atoms with E-state index < -0.39 is 0 Å². The molecule has 2 N–H and O–H groups in total. The van der Waals surface area contributed by atoms with Crippen molar-refractivity contribution in [3.63, 3.8) is 0 Å². The Morgan fingerprint density at radius 1 is 1.35 bits per heavy atom. The summed E-state index contributed by atoms with van der Waals surface area (Å²) in [5.74, 6) is 2.07. The van der Waals surface area contributed by atoms with Gasteiger partial charge in [0.2, 0.25) is 5.95 Å². The Morgan fingerprint density at radius 3 is 2.80 bits per heavy atom. The third-order valence-electron chi connectivity index (χ3n) is 3.67. The molecule has 0 amide bonds. The van der Waals surface area contributed by atoms with Crippen molar-refractivity contribution < 1.29 is 0 Å². The molecule has 20 heavy (non-hydrogen) atoms. The SMILES string of the molecule is CCCNc1ncc(Cl)c(NCC2CCN(C)CC2)n1. The van der Waals surface area contributed by atoms with Gasteiger partial charge in [0.25, 0.3) is 0 Å². The van der Waals surface area contributed by atoms with Crippen LogP contribution in [0.4, 0.5) is 11.8 Å². The molecule has 0 atom stereocenters. The van der Waals surface area contributed by atoms with E-state index in [4.69, 9.17) is 11.6 Å². The van der Waals surface area contributed by atoms with Crippen LogP contribution in [0.5, 0.6) is 0 Å². The Kier molecular flexibility index (Phi) is 5.86. The summed E-state index contributed by atoms with van der Waals surface area (Å²) in [6.45, 7) is 6.26. The Morgan fingerprint density at radius 2 is 2.10 bits per heavy atom. The summed E-state index contributed by atoms with van der Waals surface area (Å²) in [5, 5.41) is 7.13. The maximum absolute atomic E-state index is 6.15. The lowest BCUT2D eigenvalue weighted by Crippen LogP contribution is -2.33. The van der Waals surface area contributed by atoms with Gasteiger partial charge in [-0.3, -0.25) is 0 Å². The molecular formula is C14H24ClN5. The van der Waals surface area contributed by atoms with E-state index >= 15 is 0 Å². The highest BCUT2D eigenvalue weighted by Gasteiger charge is 2.17. The summed E-state index contributed by atoms with van der Waals surface area (Å²) in [7, 11) is 2.18. The molecule has 0 radical (unpaired) electrons. The molecule has 6 heteroatoms. The van der Waals surface area contributed by atoms with E-state index in [1.54, 1.807) is 6.20 Å². The van der Waals surface area contributed by atoms with Crippen LogP contribution in [0.2, 0.25) is 5.02 Å². The normalized spacial score (nSPS) is 17.1. The predicted molar refractivity (Wildman–Crippen MR) is 84.5 cm³/mol. The fourth-order valence-electron chi connectivity index (χ4n) is 2.32. The second-order valence-corrected chi connectivity index (χ2v) is 5.85. The molecule has 0 aromatic carbocycles. The van der Waals surface area contributed by atoms with Crippen molar-refractivity contribution in [1.29, 1.82) is 0 Å². The van der Waals surface area contributed by atoms with Gasteiger partial charge >= 0.3 is 0 Å². The second kappa shape index (κ2) is 7.64. The van der Waals surface area contributed by atoms with E-state index in [-0.39, 0.29) is 0 Å². The summed E-state index contributed by atoms with van der Waals surface area (Å²) in [5.41, 5.74) is 0. The molecule has 1 aliphatic rings. The second-order valence-electron chi connectivity index (χ2n) is 5.44. The molecule has 5 nitrogen and oxygen atoms in total. The van der Waals surface area contributed by atoms with Crippen LogP contribution < -0.4 is 10.6 Å². The third kappa shape index (κ3) is 4.49. The maximum Gasteiger partial charge on any atom is 0.224 e. The minimum atomic E-state index is 0.583. The molecular weight excluding hydrogens is 274 g/mol. The van der Waals surface area contributed by atoms with Gasteiger partial charge in [-0.1, -0.05) is 18.5 Å². The van der Waals surface area contributed by atoms with Gasteiger partial charge in [-0.15, -0.1) is 0 Å². The lowest BCUT2D eigenvalue weighted by molar-refractivity contribution is 0.226. The third-order valence-corrected chi connectivity index (χ3v) is 3.95. The molecule has 0 aliphatic carbocycles. The highest BCUT2D eigenvalue weighted by atomic mass is 35.5. The van der Waals surface area contributed by atoms with Crippen LogP contribution in [-0.4, -0.2) is 48.1 Å². The molecule has 2 heterocycles. The van der Waals surface area contributed by atoms with Crippen molar-refractivity contribution in [3.05, 3.63) is 11.2 Å². The van der Waals surface area contributed by atoms with Gasteiger partial charge in [0.05, 0.1) is 6.20 Å². The largest absolute Gasteiger partial charge is 0.368 e. The van der Waals surface area contributed by atoms with Crippen LogP contribution >= 0.6 is 11.6 Å². The van der Waals surface area contributed by atoms with Crippen LogP contribution in [0.3, 0.4) is 0 Å². The Labute approximate surface area is 126 Å². The van der Waals surface area contributed by atoms with E-state index in [0.717, 1.165) is 25.3 Å². The molecule has 112 valence electrons. The van der Waals surface area contributed by atoms with Crippen molar-refractivity contribution in [2.45, 2.75) is 26.2 Å². The van der Waals surface area contributed by atoms with Gasteiger partial charge in [0, 0.05) is 13.1 Å². The van der Waals surface area contributed by atoms with E-state index in [0.29, 0.717) is 16.9 Å². The number of hydrogen-bond donors (Lipinski definition) is 2. The number of nitrogens with one attached hydrogen (secondary N) is 2. The van der Waals surface area contributed by atoms with Crippen LogP contribution in [0, 0.1) is 5.92 Å². The average molecular weight is 298 g/mol. The summed E-state index contributed by atoms with van der Waals surface area (Å²) in [4.78, 5) is 11.0. The van der Waals surface area contributed by atoms with Crippen molar-refractivity contribution in [3.8, 4) is 0 Å². The minimum absolute atomic E-state index is 0.583. The van der Waals surface area contributed by atoms with Crippen LogP contribution in [-0.2, 0) is 0 Å². The first-order valence-corrected chi connectivity index (χ1v) is 7.75. The molecule has 1 aliphatic heterocycles. The predicted octanol–water partition coefficient (Wildman–Crippen LogP) is 2.71. The van der Waals surface area contributed by atoms with Crippen LogP contribution in [0.1, 0.15) is 26.2 Å². The van der Waals surface area contributed by atoms with Gasteiger partial charge in [-0.25, -0.2) is 4.98 Å². The number of rotatable bonds is 6. The zero-order valence-corrected chi connectivity index (χ0v) is 13.1. The lowest BCUT2D eigenvalue weighted by Gasteiger charge is -2.29. The van der Waals surface area contributed by atoms with Crippen molar-refractivity contribution in [2.75, 3.05) is 43.9 Å². The first-order valence-electron chi connectivity index (χ1n) is 7.38. The smallest absolute Gasteiger partial charge is 0.224 e. The van der Waals surface area contributed by atoms with Gasteiger partial charge < -0.3 is 15.5 Å². The number of nitrogens with zero attached hydrogens (tertiary/aromatic N) is 3.